The summed E-state index contributed by atoms with van der Waals surface area (Å²) in [6.45, 7) is 2.54. The number of carbonyl (C=O) groups is 2. The zero-order valence-electron chi connectivity index (χ0n) is 17.1. The van der Waals surface area contributed by atoms with E-state index in [0.717, 1.165) is 31.6 Å². The molecular formula is C22H27ClN4O3. The van der Waals surface area contributed by atoms with Gasteiger partial charge in [-0.2, -0.15) is 0 Å². The molecule has 0 atom stereocenters. The average molecular weight is 431 g/mol. The van der Waals surface area contributed by atoms with Gasteiger partial charge in [0.2, 0.25) is 5.91 Å². The molecule has 2 aromatic rings. The van der Waals surface area contributed by atoms with Gasteiger partial charge < -0.3 is 25.6 Å². The predicted octanol–water partition coefficient (Wildman–Crippen LogP) is 3.97. The van der Waals surface area contributed by atoms with Gasteiger partial charge in [0.1, 0.15) is 12.4 Å². The van der Waals surface area contributed by atoms with E-state index in [-0.39, 0.29) is 6.03 Å². The molecule has 1 saturated heterocycles. The molecular weight excluding hydrogens is 404 g/mol. The van der Waals surface area contributed by atoms with E-state index in [4.69, 9.17) is 22.1 Å². The van der Waals surface area contributed by atoms with Crippen LogP contribution in [0.4, 0.5) is 16.2 Å². The average Bonchev–Trinajstić information content (AvgIpc) is 2.74. The van der Waals surface area contributed by atoms with Crippen molar-refractivity contribution >= 4 is 34.9 Å². The smallest absolute Gasteiger partial charge is 0.321 e. The van der Waals surface area contributed by atoms with Crippen LogP contribution in [0.25, 0.3) is 0 Å². The molecule has 2 aromatic carbocycles. The first-order valence-electron chi connectivity index (χ1n) is 10.0. The van der Waals surface area contributed by atoms with Crippen molar-refractivity contribution in [3.05, 3.63) is 53.1 Å². The first-order valence-corrected chi connectivity index (χ1v) is 10.4. The van der Waals surface area contributed by atoms with E-state index in [0.29, 0.717) is 35.2 Å². The van der Waals surface area contributed by atoms with Gasteiger partial charge in [0.25, 0.3) is 0 Å². The highest BCUT2D eigenvalue weighted by molar-refractivity contribution is 6.30. The minimum Gasteiger partial charge on any atom is -0.492 e. The van der Waals surface area contributed by atoms with Gasteiger partial charge in [0, 0.05) is 30.7 Å². The van der Waals surface area contributed by atoms with Crippen molar-refractivity contribution in [2.75, 3.05) is 43.5 Å². The van der Waals surface area contributed by atoms with E-state index in [1.807, 2.05) is 18.2 Å². The summed E-state index contributed by atoms with van der Waals surface area (Å²) in [6.07, 6.45) is 3.41. The molecule has 7 nitrogen and oxygen atoms in total. The van der Waals surface area contributed by atoms with Crippen molar-refractivity contribution in [1.82, 2.24) is 4.90 Å². The van der Waals surface area contributed by atoms with Crippen LogP contribution < -0.4 is 20.7 Å². The number of nitrogens with two attached hydrogens (primary N) is 1. The summed E-state index contributed by atoms with van der Waals surface area (Å²) in [5, 5.41) is 3.52. The molecule has 0 bridgehead atoms. The minimum absolute atomic E-state index is 0.287. The van der Waals surface area contributed by atoms with E-state index in [9.17, 15) is 9.59 Å². The maximum Gasteiger partial charge on any atom is 0.321 e. The SMILES string of the molecule is CN(CCOc1cccc(Cl)c1)C(=O)Nc1cc(C(N)=O)ccc1N1CCCCC1. The quantitative estimate of drug-likeness (QED) is 0.695. The van der Waals surface area contributed by atoms with Crippen LogP contribution in [0.3, 0.4) is 0 Å². The predicted molar refractivity (Wildman–Crippen MR) is 120 cm³/mol. The van der Waals surface area contributed by atoms with Crippen LogP contribution in [0.2, 0.25) is 5.02 Å². The topological polar surface area (TPSA) is 87.9 Å². The number of hydrogen-bond acceptors (Lipinski definition) is 4. The number of primary amides is 1. The summed E-state index contributed by atoms with van der Waals surface area (Å²) in [4.78, 5) is 28.1. The summed E-state index contributed by atoms with van der Waals surface area (Å²) < 4.78 is 5.65. The first-order chi connectivity index (χ1) is 14.4. The second-order valence-corrected chi connectivity index (χ2v) is 7.74. The number of amides is 3. The molecule has 8 heteroatoms. The molecule has 3 amide bonds. The van der Waals surface area contributed by atoms with Crippen molar-refractivity contribution in [3.63, 3.8) is 0 Å². The highest BCUT2D eigenvalue weighted by Crippen LogP contribution is 2.30. The van der Waals surface area contributed by atoms with Gasteiger partial charge >= 0.3 is 6.03 Å². The number of carbonyl (C=O) groups excluding carboxylic acids is 2. The lowest BCUT2D eigenvalue weighted by atomic mass is 10.1. The van der Waals surface area contributed by atoms with Gasteiger partial charge in [-0.3, -0.25) is 4.79 Å². The third-order valence-electron chi connectivity index (χ3n) is 5.06. The van der Waals surface area contributed by atoms with Crippen molar-refractivity contribution in [3.8, 4) is 5.75 Å². The van der Waals surface area contributed by atoms with Crippen LogP contribution >= 0.6 is 11.6 Å². The van der Waals surface area contributed by atoms with Gasteiger partial charge in [-0.15, -0.1) is 0 Å². The van der Waals surface area contributed by atoms with E-state index >= 15 is 0 Å². The number of urea groups is 1. The van der Waals surface area contributed by atoms with Crippen LogP contribution in [0.15, 0.2) is 42.5 Å². The standard InChI is InChI=1S/C22H27ClN4O3/c1-26(12-13-30-18-7-5-6-17(23)15-18)22(29)25-19-14-16(21(24)28)8-9-20(19)27-10-3-2-4-11-27/h5-9,14-15H,2-4,10-13H2,1H3,(H2,24,28)(H,25,29). The van der Waals surface area contributed by atoms with Crippen LogP contribution in [-0.2, 0) is 0 Å². The molecule has 0 aliphatic carbocycles. The number of hydrogen-bond donors (Lipinski definition) is 2. The van der Waals surface area contributed by atoms with Crippen LogP contribution in [0, 0.1) is 0 Å². The van der Waals surface area contributed by atoms with Gasteiger partial charge in [0.05, 0.1) is 17.9 Å². The molecule has 1 aliphatic rings. The summed E-state index contributed by atoms with van der Waals surface area (Å²) in [5.74, 6) is 0.122. The number of nitrogens with one attached hydrogen (secondary N) is 1. The Labute approximate surface area is 181 Å². The van der Waals surface area contributed by atoms with Gasteiger partial charge in [-0.05, 0) is 55.7 Å². The van der Waals surface area contributed by atoms with E-state index in [1.54, 1.807) is 31.3 Å². The fraction of sp³-hybridized carbons (Fsp3) is 0.364. The minimum atomic E-state index is -0.529. The second kappa shape index (κ2) is 10.2. The lowest BCUT2D eigenvalue weighted by Crippen LogP contribution is -2.36. The molecule has 0 radical (unpaired) electrons. The Kier molecular flexibility index (Phi) is 7.41. The number of anilines is 2. The molecule has 3 N–H and O–H groups in total. The molecule has 0 saturated carbocycles. The molecule has 0 spiro atoms. The number of ether oxygens (including phenoxy) is 1. The molecule has 1 heterocycles. The van der Waals surface area contributed by atoms with Crippen LogP contribution in [0.1, 0.15) is 29.6 Å². The lowest BCUT2D eigenvalue weighted by Gasteiger charge is -2.31. The molecule has 1 aliphatic heterocycles. The maximum atomic E-state index is 12.7. The van der Waals surface area contributed by atoms with Crippen molar-refractivity contribution < 1.29 is 14.3 Å². The molecule has 0 aromatic heterocycles. The largest absolute Gasteiger partial charge is 0.492 e. The van der Waals surface area contributed by atoms with Gasteiger partial charge in [-0.1, -0.05) is 17.7 Å². The van der Waals surface area contributed by atoms with Gasteiger partial charge in [0.15, 0.2) is 0 Å². The fourth-order valence-corrected chi connectivity index (χ4v) is 3.55. The zero-order valence-corrected chi connectivity index (χ0v) is 17.8. The number of rotatable bonds is 7. The summed E-state index contributed by atoms with van der Waals surface area (Å²) >= 11 is 5.95. The highest BCUT2D eigenvalue weighted by Gasteiger charge is 2.18. The monoisotopic (exact) mass is 430 g/mol. The van der Waals surface area contributed by atoms with Crippen LogP contribution in [0.5, 0.6) is 5.75 Å². The van der Waals surface area contributed by atoms with E-state index < -0.39 is 5.91 Å². The van der Waals surface area contributed by atoms with E-state index in [2.05, 4.69) is 10.2 Å². The fourth-order valence-electron chi connectivity index (χ4n) is 3.37. The number of halogens is 1. The molecule has 1 fully saturated rings. The Bertz CT molecular complexity index is 900. The maximum absolute atomic E-state index is 12.7. The van der Waals surface area contributed by atoms with Crippen LogP contribution in [-0.4, -0.2) is 50.1 Å². The van der Waals surface area contributed by atoms with Crippen molar-refractivity contribution in [1.29, 1.82) is 0 Å². The Balaban J connectivity index is 1.64. The second-order valence-electron chi connectivity index (χ2n) is 7.30. The zero-order chi connectivity index (χ0) is 21.5. The van der Waals surface area contributed by atoms with Crippen molar-refractivity contribution in [2.45, 2.75) is 19.3 Å². The van der Waals surface area contributed by atoms with Gasteiger partial charge in [-0.25, -0.2) is 4.79 Å². The summed E-state index contributed by atoms with van der Waals surface area (Å²) in [6, 6.07) is 12.0. The molecule has 160 valence electrons. The molecule has 30 heavy (non-hydrogen) atoms. The molecule has 0 unspecified atom stereocenters. The Morgan fingerprint density at radius 2 is 1.93 bits per heavy atom. The molecule has 3 rings (SSSR count). The number of benzene rings is 2. The van der Waals surface area contributed by atoms with Crippen molar-refractivity contribution in [2.24, 2.45) is 5.73 Å². The lowest BCUT2D eigenvalue weighted by molar-refractivity contribution is 0.1000. The first kappa shape index (κ1) is 21.8. The third-order valence-corrected chi connectivity index (χ3v) is 5.29. The highest BCUT2D eigenvalue weighted by atomic mass is 35.5. The normalized spacial score (nSPS) is 13.6. The number of piperidine rings is 1. The summed E-state index contributed by atoms with van der Waals surface area (Å²) in [7, 11) is 1.69. The Morgan fingerprint density at radius 3 is 2.63 bits per heavy atom. The third kappa shape index (κ3) is 5.79. The Hall–Kier alpha value is -2.93. The number of nitrogens with zero attached hydrogens (tertiary/aromatic N) is 2. The Morgan fingerprint density at radius 1 is 1.17 bits per heavy atom. The summed E-state index contributed by atoms with van der Waals surface area (Å²) in [5.41, 5.74) is 7.27. The van der Waals surface area contributed by atoms with E-state index in [1.165, 1.54) is 11.3 Å². The number of likely N-dealkylation sites (N-methyl/N-ethyl adjacent to an activating group) is 1.